The van der Waals surface area contributed by atoms with Crippen molar-refractivity contribution >= 4 is 11.4 Å². The highest BCUT2D eigenvalue weighted by Gasteiger charge is 2.13. The van der Waals surface area contributed by atoms with Gasteiger partial charge in [0, 0.05) is 5.71 Å². The van der Waals surface area contributed by atoms with E-state index in [9.17, 15) is 0 Å². The second-order valence-corrected chi connectivity index (χ2v) is 6.31. The van der Waals surface area contributed by atoms with Gasteiger partial charge >= 0.3 is 0 Å². The molecule has 104 valence electrons. The van der Waals surface area contributed by atoms with Crippen LogP contribution in [0.1, 0.15) is 44.4 Å². The topological polar surface area (TPSA) is 12.4 Å². The van der Waals surface area contributed by atoms with E-state index in [0.29, 0.717) is 0 Å². The molecule has 0 saturated heterocycles. The number of aryl methyl sites for hydroxylation is 1. The number of aliphatic imine (C=N–C) groups is 1. The van der Waals surface area contributed by atoms with Crippen molar-refractivity contribution in [2.75, 3.05) is 0 Å². The first-order chi connectivity index (χ1) is 9.38. The molecule has 0 aliphatic rings. The molecule has 0 N–H and O–H groups in total. The van der Waals surface area contributed by atoms with Crippen molar-refractivity contribution < 1.29 is 0 Å². The average Bonchev–Trinajstić information content (AvgIpc) is 2.40. The molecule has 0 heterocycles. The Labute approximate surface area is 122 Å². The Morgan fingerprint density at radius 3 is 2.05 bits per heavy atom. The first-order valence-corrected chi connectivity index (χ1v) is 7.10. The van der Waals surface area contributed by atoms with Gasteiger partial charge < -0.3 is 0 Å². The fraction of sp³-hybridized carbons (Fsp3) is 0.316. The number of hydrogen-bond donors (Lipinski definition) is 0. The van der Waals surface area contributed by atoms with E-state index in [1.54, 1.807) is 0 Å². The van der Waals surface area contributed by atoms with Gasteiger partial charge in [-0.05, 0) is 42.0 Å². The highest BCUT2D eigenvalue weighted by atomic mass is 14.7. The highest BCUT2D eigenvalue weighted by Crippen LogP contribution is 2.23. The van der Waals surface area contributed by atoms with Crippen molar-refractivity contribution in [2.45, 2.75) is 40.0 Å². The molecule has 2 aromatic carbocycles. The van der Waals surface area contributed by atoms with Crippen molar-refractivity contribution in [3.63, 3.8) is 0 Å². The zero-order valence-corrected chi connectivity index (χ0v) is 13.1. The molecule has 0 aromatic heterocycles. The summed E-state index contributed by atoms with van der Waals surface area (Å²) >= 11 is 0. The molecular formula is C19H23N. The van der Waals surface area contributed by atoms with Gasteiger partial charge in [0.2, 0.25) is 0 Å². The predicted octanol–water partition coefficient (Wildman–Crippen LogP) is 5.43. The molecule has 0 bridgehead atoms. The molecule has 1 nitrogen and oxygen atoms in total. The lowest BCUT2D eigenvalue weighted by Crippen LogP contribution is -2.11. The summed E-state index contributed by atoms with van der Waals surface area (Å²) in [5, 5.41) is 0. The first-order valence-electron chi connectivity index (χ1n) is 7.10. The number of para-hydroxylation sites is 1. The molecule has 20 heavy (non-hydrogen) atoms. The summed E-state index contributed by atoms with van der Waals surface area (Å²) in [5.74, 6) is 0. The van der Waals surface area contributed by atoms with Crippen LogP contribution in [0, 0.1) is 6.92 Å². The Morgan fingerprint density at radius 2 is 1.50 bits per heavy atom. The molecule has 1 heteroatoms. The van der Waals surface area contributed by atoms with Crippen LogP contribution in [-0.2, 0) is 5.41 Å². The predicted molar refractivity (Wildman–Crippen MR) is 88.2 cm³/mol. The molecule has 0 fully saturated rings. The van der Waals surface area contributed by atoms with Gasteiger partial charge in [-0.1, -0.05) is 63.2 Å². The van der Waals surface area contributed by atoms with Crippen LogP contribution in [-0.4, -0.2) is 5.71 Å². The summed E-state index contributed by atoms with van der Waals surface area (Å²) in [6.45, 7) is 10.9. The third kappa shape index (κ3) is 3.36. The van der Waals surface area contributed by atoms with Crippen LogP contribution < -0.4 is 0 Å². The maximum atomic E-state index is 4.74. The Kier molecular flexibility index (Phi) is 4.08. The molecule has 0 amide bonds. The minimum atomic E-state index is 0.194. The van der Waals surface area contributed by atoms with E-state index in [4.69, 9.17) is 4.99 Å². The highest BCUT2D eigenvalue weighted by molar-refractivity contribution is 6.00. The largest absolute Gasteiger partial charge is 0.253 e. The summed E-state index contributed by atoms with van der Waals surface area (Å²) in [6.07, 6.45) is 0. The average molecular weight is 265 g/mol. The Hall–Kier alpha value is -1.89. The van der Waals surface area contributed by atoms with Crippen LogP contribution >= 0.6 is 0 Å². The van der Waals surface area contributed by atoms with Gasteiger partial charge in [-0.3, -0.25) is 4.99 Å². The molecule has 0 atom stereocenters. The summed E-state index contributed by atoms with van der Waals surface area (Å²) < 4.78 is 0. The maximum absolute atomic E-state index is 4.74. The third-order valence-corrected chi connectivity index (χ3v) is 3.57. The van der Waals surface area contributed by atoms with Crippen LogP contribution in [0.5, 0.6) is 0 Å². The quantitative estimate of drug-likeness (QED) is 0.642. The lowest BCUT2D eigenvalue weighted by molar-refractivity contribution is 0.590. The van der Waals surface area contributed by atoms with E-state index in [0.717, 1.165) is 11.4 Å². The minimum Gasteiger partial charge on any atom is -0.253 e. The van der Waals surface area contributed by atoms with Gasteiger partial charge in [-0.25, -0.2) is 0 Å². The van der Waals surface area contributed by atoms with Crippen LogP contribution in [0.3, 0.4) is 0 Å². The molecule has 0 aliphatic heterocycles. The van der Waals surface area contributed by atoms with Gasteiger partial charge in [-0.15, -0.1) is 0 Å². The smallest absolute Gasteiger partial charge is 0.0662 e. The Balaban J connectivity index is 2.30. The summed E-state index contributed by atoms with van der Waals surface area (Å²) in [6, 6.07) is 17.0. The Bertz CT molecular complexity index is 613. The first kappa shape index (κ1) is 14.5. The zero-order chi connectivity index (χ0) is 14.8. The standard InChI is InChI=1S/C19H23N/c1-14-8-6-7-9-18(14)20-15(2)16-10-12-17(13-11-16)19(3,4)5/h6-13H,1-5H3. The molecule has 0 unspecified atom stereocenters. The molecular weight excluding hydrogens is 242 g/mol. The molecule has 0 saturated carbocycles. The SMILES string of the molecule is CC(=Nc1ccccc1C)c1ccc(C(C)(C)C)cc1. The van der Waals surface area contributed by atoms with E-state index in [1.165, 1.54) is 16.7 Å². The van der Waals surface area contributed by atoms with Crippen LogP contribution in [0.25, 0.3) is 0 Å². The third-order valence-electron chi connectivity index (χ3n) is 3.57. The molecule has 0 aliphatic carbocycles. The summed E-state index contributed by atoms with van der Waals surface area (Å²) in [4.78, 5) is 4.74. The fourth-order valence-corrected chi connectivity index (χ4v) is 2.15. The van der Waals surface area contributed by atoms with Gasteiger partial charge in [0.15, 0.2) is 0 Å². The van der Waals surface area contributed by atoms with Gasteiger partial charge in [0.05, 0.1) is 5.69 Å². The van der Waals surface area contributed by atoms with Crippen molar-refractivity contribution in [2.24, 2.45) is 4.99 Å². The van der Waals surface area contributed by atoms with Gasteiger partial charge in [-0.2, -0.15) is 0 Å². The van der Waals surface area contributed by atoms with E-state index < -0.39 is 0 Å². The molecule has 0 spiro atoms. The normalized spacial score (nSPS) is 12.6. The van der Waals surface area contributed by atoms with Crippen LogP contribution in [0.2, 0.25) is 0 Å². The number of rotatable bonds is 2. The molecule has 2 rings (SSSR count). The molecule has 0 radical (unpaired) electrons. The minimum absolute atomic E-state index is 0.194. The van der Waals surface area contributed by atoms with Crippen LogP contribution in [0.15, 0.2) is 53.5 Å². The summed E-state index contributed by atoms with van der Waals surface area (Å²) in [7, 11) is 0. The van der Waals surface area contributed by atoms with Crippen LogP contribution in [0.4, 0.5) is 5.69 Å². The monoisotopic (exact) mass is 265 g/mol. The zero-order valence-electron chi connectivity index (χ0n) is 13.1. The van der Waals surface area contributed by atoms with E-state index in [1.807, 2.05) is 12.1 Å². The van der Waals surface area contributed by atoms with Crippen molar-refractivity contribution in [3.8, 4) is 0 Å². The van der Waals surface area contributed by atoms with Gasteiger partial charge in [0.25, 0.3) is 0 Å². The van der Waals surface area contributed by atoms with Crippen molar-refractivity contribution in [1.82, 2.24) is 0 Å². The fourth-order valence-electron chi connectivity index (χ4n) is 2.15. The number of benzene rings is 2. The number of hydrogen-bond acceptors (Lipinski definition) is 1. The molecule has 2 aromatic rings. The van der Waals surface area contributed by atoms with Crippen molar-refractivity contribution in [3.05, 3.63) is 65.2 Å². The van der Waals surface area contributed by atoms with E-state index in [-0.39, 0.29) is 5.41 Å². The Morgan fingerprint density at radius 1 is 0.900 bits per heavy atom. The lowest BCUT2D eigenvalue weighted by atomic mass is 9.86. The van der Waals surface area contributed by atoms with E-state index in [2.05, 4.69) is 71.0 Å². The lowest BCUT2D eigenvalue weighted by Gasteiger charge is -2.19. The van der Waals surface area contributed by atoms with Crippen molar-refractivity contribution in [1.29, 1.82) is 0 Å². The van der Waals surface area contributed by atoms with Gasteiger partial charge in [0.1, 0.15) is 0 Å². The number of nitrogens with zero attached hydrogens (tertiary/aromatic N) is 1. The second-order valence-electron chi connectivity index (χ2n) is 6.31. The second kappa shape index (κ2) is 5.62. The van der Waals surface area contributed by atoms with E-state index >= 15 is 0 Å². The maximum Gasteiger partial charge on any atom is 0.0662 e. The summed E-state index contributed by atoms with van der Waals surface area (Å²) in [5.41, 5.74) is 6.04.